The van der Waals surface area contributed by atoms with Gasteiger partial charge in [0, 0.05) is 23.6 Å². The van der Waals surface area contributed by atoms with E-state index in [9.17, 15) is 19.7 Å². The molecule has 2 aliphatic heterocycles. The van der Waals surface area contributed by atoms with Gasteiger partial charge >= 0.3 is 5.97 Å². The molecule has 0 radical (unpaired) electrons. The molecule has 4 rings (SSSR count). The average Bonchev–Trinajstić information content (AvgIpc) is 3.32. The van der Waals surface area contributed by atoms with Crippen molar-refractivity contribution in [1.29, 1.82) is 0 Å². The van der Waals surface area contributed by atoms with Gasteiger partial charge in [0.25, 0.3) is 11.6 Å². The number of nitro benzene ring substituents is 1. The van der Waals surface area contributed by atoms with Gasteiger partial charge in [-0.2, -0.15) is 0 Å². The van der Waals surface area contributed by atoms with Crippen molar-refractivity contribution < 1.29 is 23.8 Å². The van der Waals surface area contributed by atoms with E-state index >= 15 is 0 Å². The number of hydrogen-bond acceptors (Lipinski definition) is 8. The zero-order chi connectivity index (χ0) is 19.0. The Morgan fingerprint density at radius 2 is 2.15 bits per heavy atom. The highest BCUT2D eigenvalue weighted by Gasteiger charge is 2.49. The molecule has 2 aliphatic rings. The molecule has 0 bridgehead atoms. The van der Waals surface area contributed by atoms with Crippen molar-refractivity contribution in [2.24, 2.45) is 0 Å². The number of esters is 1. The largest absolute Gasteiger partial charge is 0.456 e. The third kappa shape index (κ3) is 3.10. The van der Waals surface area contributed by atoms with Crippen molar-refractivity contribution in [3.05, 3.63) is 74.6 Å². The Bertz CT molecular complexity index is 981. The van der Waals surface area contributed by atoms with Crippen molar-refractivity contribution in [2.75, 3.05) is 0 Å². The molecule has 0 N–H and O–H groups in total. The van der Waals surface area contributed by atoms with E-state index in [0.717, 1.165) is 0 Å². The number of carbonyl (C=O) groups is 2. The van der Waals surface area contributed by atoms with Crippen LogP contribution in [-0.4, -0.2) is 32.2 Å². The predicted molar refractivity (Wildman–Crippen MR) is 93.7 cm³/mol. The molecule has 1 aromatic heterocycles. The first-order valence-corrected chi connectivity index (χ1v) is 8.70. The summed E-state index contributed by atoms with van der Waals surface area (Å²) in [7, 11) is 0. The van der Waals surface area contributed by atoms with Crippen molar-refractivity contribution in [3.8, 4) is 0 Å². The fourth-order valence-corrected chi connectivity index (χ4v) is 3.77. The molecule has 0 saturated carbocycles. The van der Waals surface area contributed by atoms with Gasteiger partial charge in [0.2, 0.25) is 0 Å². The monoisotopic (exact) mass is 385 g/mol. The third-order valence-electron chi connectivity index (χ3n) is 4.02. The van der Waals surface area contributed by atoms with Crippen LogP contribution in [0.15, 0.2) is 57.8 Å². The van der Waals surface area contributed by atoms with Gasteiger partial charge < -0.3 is 9.26 Å². The number of ether oxygens (including phenoxy) is 1. The summed E-state index contributed by atoms with van der Waals surface area (Å²) >= 11 is 1.33. The molecule has 136 valence electrons. The summed E-state index contributed by atoms with van der Waals surface area (Å²) in [6.45, 7) is -0.0484. The molecular formula is C17H11N3O6S. The van der Waals surface area contributed by atoms with Crippen LogP contribution in [0.3, 0.4) is 0 Å². The maximum Gasteiger partial charge on any atom is 0.355 e. The third-order valence-corrected chi connectivity index (χ3v) is 5.10. The van der Waals surface area contributed by atoms with E-state index in [0.29, 0.717) is 16.8 Å². The zero-order valence-corrected chi connectivity index (χ0v) is 14.4. The van der Waals surface area contributed by atoms with Gasteiger partial charge in [-0.25, -0.2) is 4.79 Å². The minimum Gasteiger partial charge on any atom is -0.456 e. The van der Waals surface area contributed by atoms with Crippen LogP contribution < -0.4 is 0 Å². The van der Waals surface area contributed by atoms with Crippen LogP contribution >= 0.6 is 11.8 Å². The van der Waals surface area contributed by atoms with Gasteiger partial charge in [-0.15, -0.1) is 11.8 Å². The van der Waals surface area contributed by atoms with E-state index in [1.807, 2.05) is 0 Å². The number of aromatic nitrogens is 1. The van der Waals surface area contributed by atoms with Crippen LogP contribution in [0.2, 0.25) is 0 Å². The van der Waals surface area contributed by atoms with Crippen LogP contribution in [-0.2, 0) is 20.9 Å². The number of carbonyl (C=O) groups excluding carboxylic acids is 2. The van der Waals surface area contributed by atoms with Crippen molar-refractivity contribution >= 4 is 35.4 Å². The van der Waals surface area contributed by atoms with Gasteiger partial charge in [-0.3, -0.25) is 19.8 Å². The van der Waals surface area contributed by atoms with Gasteiger partial charge in [-0.1, -0.05) is 5.16 Å². The molecule has 1 fully saturated rings. The van der Waals surface area contributed by atoms with E-state index in [-0.39, 0.29) is 29.3 Å². The Morgan fingerprint density at radius 1 is 1.37 bits per heavy atom. The highest BCUT2D eigenvalue weighted by Crippen LogP contribution is 2.45. The van der Waals surface area contributed by atoms with Gasteiger partial charge in [0.05, 0.1) is 10.5 Å². The number of fused-ring (bicyclic) bond motifs is 1. The number of non-ortho nitro benzene ring substituents is 1. The molecule has 1 aromatic carbocycles. The first kappa shape index (κ1) is 17.0. The van der Waals surface area contributed by atoms with Gasteiger partial charge in [-0.05, 0) is 23.8 Å². The number of hydrogen-bond donors (Lipinski definition) is 0. The maximum atomic E-state index is 12.3. The molecule has 0 aliphatic carbocycles. The standard InChI is InChI=1S/C17H11N3O6S/c21-15-13(7-11-5-6-26-18-11)16-19(15)14(9-27-16)17(22)25-8-10-1-3-12(4-2-10)20(23)24/h1-7,9,16H,8H2/b13-7-/t16-/m1/s1. The smallest absolute Gasteiger partial charge is 0.355 e. The van der Waals surface area contributed by atoms with Crippen LogP contribution in [0, 0.1) is 10.1 Å². The van der Waals surface area contributed by atoms with E-state index in [1.54, 1.807) is 17.6 Å². The number of thioether (sulfide) groups is 1. The van der Waals surface area contributed by atoms with E-state index in [4.69, 9.17) is 9.26 Å². The molecule has 10 heteroatoms. The van der Waals surface area contributed by atoms with Crippen LogP contribution in [0.1, 0.15) is 11.3 Å². The van der Waals surface area contributed by atoms with Crippen molar-refractivity contribution in [3.63, 3.8) is 0 Å². The van der Waals surface area contributed by atoms with Gasteiger partial charge in [0.1, 0.15) is 29.6 Å². The van der Waals surface area contributed by atoms with Crippen LogP contribution in [0.5, 0.6) is 0 Å². The van der Waals surface area contributed by atoms with Crippen LogP contribution in [0.4, 0.5) is 5.69 Å². The van der Waals surface area contributed by atoms with E-state index < -0.39 is 10.9 Å². The van der Waals surface area contributed by atoms with Crippen molar-refractivity contribution in [2.45, 2.75) is 12.0 Å². The molecule has 0 unspecified atom stereocenters. The van der Waals surface area contributed by atoms with Crippen molar-refractivity contribution in [1.82, 2.24) is 10.1 Å². The van der Waals surface area contributed by atoms with Crippen LogP contribution in [0.25, 0.3) is 6.08 Å². The lowest BCUT2D eigenvalue weighted by Gasteiger charge is -2.37. The highest BCUT2D eigenvalue weighted by atomic mass is 32.2. The van der Waals surface area contributed by atoms with E-state index in [1.165, 1.54) is 47.2 Å². The summed E-state index contributed by atoms with van der Waals surface area (Å²) in [5.74, 6) is -0.913. The minimum atomic E-state index is -0.628. The lowest BCUT2D eigenvalue weighted by atomic mass is 10.0. The molecule has 3 heterocycles. The fourth-order valence-electron chi connectivity index (χ4n) is 2.65. The first-order valence-electron chi connectivity index (χ1n) is 7.76. The van der Waals surface area contributed by atoms with Gasteiger partial charge in [0.15, 0.2) is 0 Å². The number of nitro groups is 1. The molecule has 1 saturated heterocycles. The molecule has 2 aromatic rings. The Labute approximate surface area is 156 Å². The summed E-state index contributed by atoms with van der Waals surface area (Å²) in [6.07, 6.45) is 3.04. The quantitative estimate of drug-likeness (QED) is 0.253. The second-order valence-corrected chi connectivity index (χ2v) is 6.64. The minimum absolute atomic E-state index is 0.0413. The number of rotatable bonds is 5. The number of β-lactam (4-membered cyclic amide) rings is 1. The molecule has 9 nitrogen and oxygen atoms in total. The summed E-state index contributed by atoms with van der Waals surface area (Å²) in [6, 6.07) is 7.34. The molecule has 0 spiro atoms. The normalized spacial score (nSPS) is 19.5. The summed E-state index contributed by atoms with van der Waals surface area (Å²) in [4.78, 5) is 36.1. The van der Waals surface area contributed by atoms with E-state index in [2.05, 4.69) is 5.16 Å². The highest BCUT2D eigenvalue weighted by molar-refractivity contribution is 8.03. The maximum absolute atomic E-state index is 12.3. The Hall–Kier alpha value is -3.40. The molecule has 1 amide bonds. The molecule has 27 heavy (non-hydrogen) atoms. The number of amides is 1. The lowest BCUT2D eigenvalue weighted by Crippen LogP contribution is -2.51. The topological polar surface area (TPSA) is 116 Å². The predicted octanol–water partition coefficient (Wildman–Crippen LogP) is 2.47. The first-order chi connectivity index (χ1) is 13.0. The second-order valence-electron chi connectivity index (χ2n) is 5.69. The SMILES string of the molecule is O=C(OCc1ccc([N+](=O)[O-])cc1)C1=CS[C@@H]2/C(=C\c3ccon3)C(=O)N12. The molecule has 1 atom stereocenters. The lowest BCUT2D eigenvalue weighted by molar-refractivity contribution is -0.384. The Morgan fingerprint density at radius 3 is 2.81 bits per heavy atom. The average molecular weight is 385 g/mol. The number of benzene rings is 1. The Balaban J connectivity index is 1.38. The number of nitrogens with zero attached hydrogens (tertiary/aromatic N) is 3. The molecular weight excluding hydrogens is 374 g/mol. The summed E-state index contributed by atoms with van der Waals surface area (Å²) < 4.78 is 9.96. The Kier molecular flexibility index (Phi) is 4.24. The summed E-state index contributed by atoms with van der Waals surface area (Å²) in [5, 5.41) is 15.7. The fraction of sp³-hybridized carbons (Fsp3) is 0.118. The zero-order valence-electron chi connectivity index (χ0n) is 13.6. The summed E-state index contributed by atoms with van der Waals surface area (Å²) in [5.41, 5.74) is 1.81. The second kappa shape index (κ2) is 6.72.